The molecular weight excluding hydrogens is 396 g/mol. The second-order valence-electron chi connectivity index (χ2n) is 8.34. The quantitative estimate of drug-likeness (QED) is 0.613. The van der Waals surface area contributed by atoms with E-state index in [-0.39, 0.29) is 17.9 Å². The Morgan fingerprint density at radius 2 is 1.52 bits per heavy atom. The summed E-state index contributed by atoms with van der Waals surface area (Å²) in [7, 11) is 0. The van der Waals surface area contributed by atoms with Crippen LogP contribution in [0.3, 0.4) is 0 Å². The molecule has 0 atom stereocenters. The molecule has 31 heavy (non-hydrogen) atoms. The fraction of sp³-hybridized carbons (Fsp3) is 0.478. The summed E-state index contributed by atoms with van der Waals surface area (Å²) < 4.78 is 5.95. The van der Waals surface area contributed by atoms with Crippen LogP contribution in [0.25, 0.3) is 0 Å². The second-order valence-corrected chi connectivity index (χ2v) is 8.34. The van der Waals surface area contributed by atoms with Crippen molar-refractivity contribution in [3.05, 3.63) is 42.0 Å². The Kier molecular flexibility index (Phi) is 6.64. The van der Waals surface area contributed by atoms with Crippen molar-refractivity contribution < 1.29 is 19.4 Å². The molecule has 0 aliphatic heterocycles. The van der Waals surface area contributed by atoms with Crippen LogP contribution < -0.4 is 15.4 Å². The number of aromatic nitrogens is 2. The predicted molar refractivity (Wildman–Crippen MR) is 116 cm³/mol. The lowest BCUT2D eigenvalue weighted by Crippen LogP contribution is -2.27. The molecule has 2 saturated carbocycles. The van der Waals surface area contributed by atoms with Crippen LogP contribution in [0.15, 0.2) is 36.4 Å². The van der Waals surface area contributed by atoms with Crippen molar-refractivity contribution in [1.82, 2.24) is 10.2 Å². The second kappa shape index (κ2) is 9.76. The lowest BCUT2D eigenvalue weighted by molar-refractivity contribution is -0.143. The van der Waals surface area contributed by atoms with E-state index in [0.29, 0.717) is 36.0 Å². The average molecular weight is 425 g/mol. The van der Waals surface area contributed by atoms with Gasteiger partial charge in [-0.05, 0) is 74.9 Å². The van der Waals surface area contributed by atoms with Crippen LogP contribution in [0.4, 0.5) is 11.6 Å². The third-order valence-electron chi connectivity index (χ3n) is 6.06. The number of carboxylic acid groups (broad SMARTS) is 1. The molecule has 1 aromatic carbocycles. The highest BCUT2D eigenvalue weighted by atomic mass is 16.5. The Morgan fingerprint density at radius 3 is 2.13 bits per heavy atom. The van der Waals surface area contributed by atoms with Gasteiger partial charge in [-0.2, -0.15) is 0 Å². The third kappa shape index (κ3) is 5.71. The van der Waals surface area contributed by atoms with Crippen molar-refractivity contribution >= 4 is 23.5 Å². The lowest BCUT2D eigenvalue weighted by Gasteiger charge is -2.26. The maximum absolute atomic E-state index is 12.5. The number of benzene rings is 1. The normalized spacial score (nSPS) is 21.4. The maximum Gasteiger partial charge on any atom is 0.306 e. The van der Waals surface area contributed by atoms with E-state index in [1.165, 1.54) is 12.8 Å². The van der Waals surface area contributed by atoms with Crippen LogP contribution in [0.2, 0.25) is 0 Å². The predicted octanol–water partition coefficient (Wildman–Crippen LogP) is 4.11. The van der Waals surface area contributed by atoms with Crippen molar-refractivity contribution in [2.75, 3.05) is 10.6 Å². The highest BCUT2D eigenvalue weighted by Crippen LogP contribution is 2.28. The number of hydrogen-bond acceptors (Lipinski definition) is 6. The molecule has 2 aliphatic rings. The van der Waals surface area contributed by atoms with Crippen LogP contribution >= 0.6 is 0 Å². The molecular formula is C23H28N4O4. The molecule has 2 aliphatic carbocycles. The zero-order valence-corrected chi connectivity index (χ0v) is 17.4. The summed E-state index contributed by atoms with van der Waals surface area (Å²) in [5.41, 5.74) is 0.497. The van der Waals surface area contributed by atoms with Crippen molar-refractivity contribution in [2.24, 2.45) is 5.92 Å². The largest absolute Gasteiger partial charge is 0.490 e. The van der Waals surface area contributed by atoms with Crippen LogP contribution in [-0.2, 0) is 4.79 Å². The molecule has 0 spiro atoms. The van der Waals surface area contributed by atoms with E-state index in [1.807, 2.05) is 6.07 Å². The van der Waals surface area contributed by atoms with Crippen molar-refractivity contribution in [3.8, 4) is 5.75 Å². The SMILES string of the molecule is O=C(Nc1ccc(NC2CCCC2)nn1)c1ccc(OC2CCC(C(=O)O)CC2)cc1. The van der Waals surface area contributed by atoms with Crippen LogP contribution in [0.1, 0.15) is 61.7 Å². The summed E-state index contributed by atoms with van der Waals surface area (Å²) in [4.78, 5) is 23.5. The highest BCUT2D eigenvalue weighted by Gasteiger charge is 2.27. The van der Waals surface area contributed by atoms with Gasteiger partial charge in [-0.15, -0.1) is 10.2 Å². The number of nitrogens with one attached hydrogen (secondary N) is 2. The zero-order chi connectivity index (χ0) is 21.6. The third-order valence-corrected chi connectivity index (χ3v) is 6.06. The van der Waals surface area contributed by atoms with Gasteiger partial charge in [0.05, 0.1) is 12.0 Å². The van der Waals surface area contributed by atoms with Crippen LogP contribution in [0, 0.1) is 5.92 Å². The number of aliphatic carboxylic acids is 1. The van der Waals surface area contributed by atoms with Gasteiger partial charge in [0.2, 0.25) is 0 Å². The minimum atomic E-state index is -0.724. The van der Waals surface area contributed by atoms with Gasteiger partial charge in [-0.3, -0.25) is 9.59 Å². The Morgan fingerprint density at radius 1 is 0.871 bits per heavy atom. The molecule has 1 amide bonds. The first-order valence-corrected chi connectivity index (χ1v) is 11.0. The van der Waals surface area contributed by atoms with E-state index in [1.54, 1.807) is 30.3 Å². The molecule has 1 heterocycles. The maximum atomic E-state index is 12.5. The van der Waals surface area contributed by atoms with Crippen molar-refractivity contribution in [2.45, 2.75) is 63.5 Å². The Hall–Kier alpha value is -3.16. The van der Waals surface area contributed by atoms with E-state index >= 15 is 0 Å². The summed E-state index contributed by atoms with van der Waals surface area (Å²) in [6.07, 6.45) is 7.54. The van der Waals surface area contributed by atoms with E-state index in [2.05, 4.69) is 20.8 Å². The number of carbonyl (C=O) groups excluding carboxylic acids is 1. The van der Waals surface area contributed by atoms with E-state index in [0.717, 1.165) is 31.5 Å². The lowest BCUT2D eigenvalue weighted by atomic mass is 9.87. The van der Waals surface area contributed by atoms with Gasteiger partial charge in [-0.25, -0.2) is 0 Å². The average Bonchev–Trinajstić information content (AvgIpc) is 3.29. The molecule has 8 nitrogen and oxygen atoms in total. The van der Waals surface area contributed by atoms with Crippen LogP contribution in [-0.4, -0.2) is 39.3 Å². The molecule has 2 aromatic rings. The summed E-state index contributed by atoms with van der Waals surface area (Å²) >= 11 is 0. The minimum absolute atomic E-state index is 0.0157. The van der Waals surface area contributed by atoms with E-state index in [4.69, 9.17) is 9.84 Å². The highest BCUT2D eigenvalue weighted by molar-refractivity contribution is 6.03. The topological polar surface area (TPSA) is 113 Å². The molecule has 0 saturated heterocycles. The number of ether oxygens (including phenoxy) is 1. The first-order valence-electron chi connectivity index (χ1n) is 11.0. The number of rotatable bonds is 7. The molecule has 1 aromatic heterocycles. The van der Waals surface area contributed by atoms with Gasteiger partial charge < -0.3 is 20.5 Å². The first kappa shape index (κ1) is 21.1. The van der Waals surface area contributed by atoms with Gasteiger partial charge in [0.25, 0.3) is 5.91 Å². The Labute approximate surface area is 181 Å². The van der Waals surface area contributed by atoms with Gasteiger partial charge in [0, 0.05) is 11.6 Å². The number of amides is 1. The number of hydrogen-bond donors (Lipinski definition) is 3. The molecule has 164 valence electrons. The standard InChI is InChI=1S/C23H28N4O4/c28-22(25-21-14-13-20(26-27-21)24-17-3-1-2-4-17)15-5-9-18(10-6-15)31-19-11-7-16(8-12-19)23(29)30/h5-6,9-10,13-14,16-17,19H,1-4,7-8,11-12H2,(H,24,26)(H,29,30)(H,25,27,28). The molecule has 2 fully saturated rings. The summed E-state index contributed by atoms with van der Waals surface area (Å²) in [6.45, 7) is 0. The molecule has 0 radical (unpaired) electrons. The number of carboxylic acids is 1. The van der Waals surface area contributed by atoms with Crippen molar-refractivity contribution in [1.29, 1.82) is 0 Å². The number of carbonyl (C=O) groups is 2. The molecule has 4 rings (SSSR count). The Bertz CT molecular complexity index is 887. The minimum Gasteiger partial charge on any atom is -0.490 e. The van der Waals surface area contributed by atoms with Gasteiger partial charge in [-0.1, -0.05) is 12.8 Å². The van der Waals surface area contributed by atoms with Crippen LogP contribution in [0.5, 0.6) is 5.75 Å². The molecule has 0 unspecified atom stereocenters. The fourth-order valence-corrected chi connectivity index (χ4v) is 4.25. The molecule has 0 bridgehead atoms. The molecule has 8 heteroatoms. The summed E-state index contributed by atoms with van der Waals surface area (Å²) in [5.74, 6) is 0.554. The zero-order valence-electron chi connectivity index (χ0n) is 17.4. The number of nitrogens with zero attached hydrogens (tertiary/aromatic N) is 2. The van der Waals surface area contributed by atoms with E-state index in [9.17, 15) is 9.59 Å². The van der Waals surface area contributed by atoms with E-state index < -0.39 is 5.97 Å². The smallest absolute Gasteiger partial charge is 0.306 e. The fourth-order valence-electron chi connectivity index (χ4n) is 4.25. The molecule has 3 N–H and O–H groups in total. The van der Waals surface area contributed by atoms with Gasteiger partial charge in [0.1, 0.15) is 11.6 Å². The summed E-state index contributed by atoms with van der Waals surface area (Å²) in [6, 6.07) is 11.0. The Balaban J connectivity index is 1.26. The number of anilines is 2. The first-order chi connectivity index (χ1) is 15.1. The summed E-state index contributed by atoms with van der Waals surface area (Å²) in [5, 5.41) is 23.5. The van der Waals surface area contributed by atoms with Gasteiger partial charge in [0.15, 0.2) is 5.82 Å². The monoisotopic (exact) mass is 424 g/mol. The van der Waals surface area contributed by atoms with Gasteiger partial charge >= 0.3 is 5.97 Å². The van der Waals surface area contributed by atoms with Crippen molar-refractivity contribution in [3.63, 3.8) is 0 Å².